The molecule has 2 N–H and O–H groups in total. The van der Waals surface area contributed by atoms with Crippen molar-refractivity contribution >= 4 is 11.7 Å². The summed E-state index contributed by atoms with van der Waals surface area (Å²) in [5, 5.41) is 10.6. The molecule has 1 amide bonds. The van der Waals surface area contributed by atoms with Crippen LogP contribution in [0.5, 0.6) is 0 Å². The second kappa shape index (κ2) is 7.95. The van der Waals surface area contributed by atoms with Gasteiger partial charge in [0.2, 0.25) is 5.91 Å². The molecule has 0 aromatic carbocycles. The number of aromatic nitrogens is 2. The monoisotopic (exact) mass is 320 g/mol. The summed E-state index contributed by atoms with van der Waals surface area (Å²) in [6, 6.07) is 1.88. The fraction of sp³-hybridized carbons (Fsp3) is 0.778. The third kappa shape index (κ3) is 5.98. The summed E-state index contributed by atoms with van der Waals surface area (Å²) in [6.07, 6.45) is 9.32. The summed E-state index contributed by atoms with van der Waals surface area (Å²) in [4.78, 5) is 12.2. The van der Waals surface area contributed by atoms with Gasteiger partial charge in [0.15, 0.2) is 0 Å². The standard InChI is InChI=1S/C18H32N4O/c1-14-11-16(22(4)21-14)20-17(23)13-19-18(2,3)12-15-9-7-5-6-8-10-15/h11,15,19H,5-10,12-13H2,1-4H3,(H,20,23). The molecule has 1 aromatic heterocycles. The third-order valence-corrected chi connectivity index (χ3v) is 4.77. The molecular weight excluding hydrogens is 288 g/mol. The Labute approximate surface area is 140 Å². The van der Waals surface area contributed by atoms with E-state index in [0.29, 0.717) is 6.54 Å². The van der Waals surface area contributed by atoms with Gasteiger partial charge in [0.25, 0.3) is 0 Å². The molecule has 130 valence electrons. The maximum Gasteiger partial charge on any atom is 0.239 e. The predicted molar refractivity (Wildman–Crippen MR) is 94.5 cm³/mol. The first-order valence-electron chi connectivity index (χ1n) is 8.91. The summed E-state index contributed by atoms with van der Waals surface area (Å²) in [5.74, 6) is 1.53. The molecule has 5 heteroatoms. The summed E-state index contributed by atoms with van der Waals surface area (Å²) < 4.78 is 1.70. The van der Waals surface area contributed by atoms with Gasteiger partial charge < -0.3 is 10.6 Å². The molecule has 5 nitrogen and oxygen atoms in total. The van der Waals surface area contributed by atoms with Crippen molar-refractivity contribution in [1.82, 2.24) is 15.1 Å². The van der Waals surface area contributed by atoms with Crippen molar-refractivity contribution in [3.05, 3.63) is 11.8 Å². The van der Waals surface area contributed by atoms with Crippen LogP contribution in [0, 0.1) is 12.8 Å². The Hall–Kier alpha value is -1.36. The smallest absolute Gasteiger partial charge is 0.239 e. The number of anilines is 1. The highest BCUT2D eigenvalue weighted by molar-refractivity contribution is 5.91. The molecule has 0 bridgehead atoms. The van der Waals surface area contributed by atoms with Crippen molar-refractivity contribution in [2.75, 3.05) is 11.9 Å². The fourth-order valence-electron chi connectivity index (χ4n) is 3.60. The highest BCUT2D eigenvalue weighted by Gasteiger charge is 2.24. The number of nitrogens with zero attached hydrogens (tertiary/aromatic N) is 2. The molecule has 2 rings (SSSR count). The van der Waals surface area contributed by atoms with E-state index in [1.165, 1.54) is 38.5 Å². The molecule has 0 atom stereocenters. The van der Waals surface area contributed by atoms with Crippen LogP contribution < -0.4 is 10.6 Å². The van der Waals surface area contributed by atoms with Crippen molar-refractivity contribution in [2.24, 2.45) is 13.0 Å². The number of hydrogen-bond donors (Lipinski definition) is 2. The van der Waals surface area contributed by atoms with Gasteiger partial charge in [-0.25, -0.2) is 0 Å². The Balaban J connectivity index is 1.78. The van der Waals surface area contributed by atoms with Gasteiger partial charge in [-0.2, -0.15) is 5.10 Å². The molecular formula is C18H32N4O. The molecule has 0 radical (unpaired) electrons. The lowest BCUT2D eigenvalue weighted by Gasteiger charge is -2.30. The largest absolute Gasteiger partial charge is 0.310 e. The number of carbonyl (C=O) groups excluding carboxylic acids is 1. The number of hydrogen-bond acceptors (Lipinski definition) is 3. The van der Waals surface area contributed by atoms with E-state index in [0.717, 1.165) is 23.9 Å². The average Bonchev–Trinajstić information content (AvgIpc) is 2.67. The molecule has 1 heterocycles. The molecule has 0 unspecified atom stereocenters. The lowest BCUT2D eigenvalue weighted by molar-refractivity contribution is -0.115. The van der Waals surface area contributed by atoms with E-state index in [1.54, 1.807) is 4.68 Å². The molecule has 1 saturated carbocycles. The summed E-state index contributed by atoms with van der Waals surface area (Å²) >= 11 is 0. The van der Waals surface area contributed by atoms with Gasteiger partial charge in [-0.05, 0) is 33.1 Å². The average molecular weight is 320 g/mol. The van der Waals surface area contributed by atoms with Gasteiger partial charge in [0.05, 0.1) is 12.2 Å². The fourth-order valence-corrected chi connectivity index (χ4v) is 3.60. The van der Waals surface area contributed by atoms with Gasteiger partial charge in [-0.15, -0.1) is 0 Å². The van der Waals surface area contributed by atoms with Gasteiger partial charge >= 0.3 is 0 Å². The first-order chi connectivity index (χ1) is 10.9. The molecule has 1 aliphatic carbocycles. The molecule has 0 saturated heterocycles. The second-order valence-corrected chi connectivity index (χ2v) is 7.64. The van der Waals surface area contributed by atoms with Crippen LogP contribution in [0.1, 0.15) is 64.5 Å². The summed E-state index contributed by atoms with van der Waals surface area (Å²) in [5.41, 5.74) is 0.902. The quantitative estimate of drug-likeness (QED) is 0.790. The van der Waals surface area contributed by atoms with Gasteiger partial charge in [0.1, 0.15) is 5.82 Å². The molecule has 0 aliphatic heterocycles. The Morgan fingerprint density at radius 2 is 1.96 bits per heavy atom. The van der Waals surface area contributed by atoms with Crippen LogP contribution in [-0.2, 0) is 11.8 Å². The van der Waals surface area contributed by atoms with E-state index in [-0.39, 0.29) is 11.4 Å². The van der Waals surface area contributed by atoms with E-state index in [1.807, 2.05) is 20.0 Å². The zero-order valence-corrected chi connectivity index (χ0v) is 15.1. The van der Waals surface area contributed by atoms with E-state index in [2.05, 4.69) is 29.6 Å². The molecule has 0 spiro atoms. The highest BCUT2D eigenvalue weighted by Crippen LogP contribution is 2.29. The predicted octanol–water partition coefficient (Wildman–Crippen LogP) is 3.40. The van der Waals surface area contributed by atoms with Gasteiger partial charge in [0, 0.05) is 18.7 Å². The normalized spacial score (nSPS) is 17.0. The van der Waals surface area contributed by atoms with Crippen molar-refractivity contribution in [2.45, 2.75) is 71.3 Å². The highest BCUT2D eigenvalue weighted by atomic mass is 16.2. The Morgan fingerprint density at radius 1 is 1.30 bits per heavy atom. The van der Waals surface area contributed by atoms with Gasteiger partial charge in [-0.1, -0.05) is 38.5 Å². The first kappa shape index (κ1) is 18.0. The SMILES string of the molecule is Cc1cc(NC(=O)CNC(C)(C)CC2CCCCCC2)n(C)n1. The maximum atomic E-state index is 12.2. The topological polar surface area (TPSA) is 59.0 Å². The maximum absolute atomic E-state index is 12.2. The lowest BCUT2D eigenvalue weighted by atomic mass is 9.86. The van der Waals surface area contributed by atoms with Crippen molar-refractivity contribution < 1.29 is 4.79 Å². The molecule has 1 fully saturated rings. The third-order valence-electron chi connectivity index (χ3n) is 4.77. The van der Waals surface area contributed by atoms with Gasteiger partial charge in [-0.3, -0.25) is 9.48 Å². The molecule has 23 heavy (non-hydrogen) atoms. The van der Waals surface area contributed by atoms with Crippen LogP contribution in [-0.4, -0.2) is 27.8 Å². The Bertz CT molecular complexity index is 513. The van der Waals surface area contributed by atoms with Crippen LogP contribution in [0.3, 0.4) is 0 Å². The van der Waals surface area contributed by atoms with Crippen LogP contribution in [0.4, 0.5) is 5.82 Å². The van der Waals surface area contributed by atoms with E-state index >= 15 is 0 Å². The number of nitrogens with one attached hydrogen (secondary N) is 2. The van der Waals surface area contributed by atoms with Crippen molar-refractivity contribution in [3.8, 4) is 0 Å². The molecule has 1 aliphatic rings. The zero-order valence-electron chi connectivity index (χ0n) is 15.1. The van der Waals surface area contributed by atoms with E-state index in [4.69, 9.17) is 0 Å². The number of aryl methyl sites for hydroxylation is 2. The summed E-state index contributed by atoms with van der Waals surface area (Å²) in [6.45, 7) is 6.67. The lowest BCUT2D eigenvalue weighted by Crippen LogP contribution is -2.45. The second-order valence-electron chi connectivity index (χ2n) is 7.64. The first-order valence-corrected chi connectivity index (χ1v) is 8.91. The molecule has 1 aromatic rings. The Kier molecular flexibility index (Phi) is 6.22. The van der Waals surface area contributed by atoms with Crippen LogP contribution in [0.15, 0.2) is 6.07 Å². The minimum Gasteiger partial charge on any atom is -0.310 e. The number of rotatable bonds is 6. The van der Waals surface area contributed by atoms with Crippen LogP contribution >= 0.6 is 0 Å². The minimum absolute atomic E-state index is 0.00524. The van der Waals surface area contributed by atoms with Crippen molar-refractivity contribution in [3.63, 3.8) is 0 Å². The van der Waals surface area contributed by atoms with E-state index < -0.39 is 0 Å². The van der Waals surface area contributed by atoms with Crippen LogP contribution in [0.2, 0.25) is 0 Å². The Morgan fingerprint density at radius 3 is 2.52 bits per heavy atom. The zero-order chi connectivity index (χ0) is 16.9. The minimum atomic E-state index is -0.0121. The van der Waals surface area contributed by atoms with Crippen molar-refractivity contribution in [1.29, 1.82) is 0 Å². The van der Waals surface area contributed by atoms with E-state index in [9.17, 15) is 4.79 Å². The number of amides is 1. The number of carbonyl (C=O) groups is 1. The van der Waals surface area contributed by atoms with Crippen LogP contribution in [0.25, 0.3) is 0 Å². The summed E-state index contributed by atoms with van der Waals surface area (Å²) in [7, 11) is 1.84.